The van der Waals surface area contributed by atoms with E-state index in [1.807, 2.05) is 21.1 Å². The molecule has 66 heavy (non-hydrogen) atoms. The van der Waals surface area contributed by atoms with Crippen LogP contribution in [0.4, 0.5) is 0 Å². The van der Waals surface area contributed by atoms with Crippen molar-refractivity contribution in [3.8, 4) is 0 Å². The van der Waals surface area contributed by atoms with Gasteiger partial charge >= 0.3 is 17.9 Å². The summed E-state index contributed by atoms with van der Waals surface area (Å²) in [7, 11) is 5.51. The van der Waals surface area contributed by atoms with Crippen LogP contribution in [0.1, 0.15) is 187 Å². The van der Waals surface area contributed by atoms with Crippen LogP contribution in [0.2, 0.25) is 0 Å². The fraction of sp³-hybridized carbons (Fsp3) is 0.638. The largest absolute Gasteiger partial charge is 0.477 e. The average molecular weight is 919 g/mol. The van der Waals surface area contributed by atoms with Crippen molar-refractivity contribution in [1.82, 2.24) is 0 Å². The maximum absolute atomic E-state index is 12.8. The van der Waals surface area contributed by atoms with E-state index in [9.17, 15) is 19.5 Å². The second kappa shape index (κ2) is 47.5. The number of ether oxygens (including phenoxy) is 3. The lowest BCUT2D eigenvalue weighted by molar-refractivity contribution is -0.887. The maximum Gasteiger partial charge on any atom is 0.362 e. The molecule has 0 heterocycles. The van der Waals surface area contributed by atoms with Crippen molar-refractivity contribution in [3.05, 3.63) is 109 Å². The van der Waals surface area contributed by atoms with E-state index in [4.69, 9.17) is 14.2 Å². The number of quaternary nitrogens is 1. The van der Waals surface area contributed by atoms with Crippen LogP contribution in [-0.4, -0.2) is 80.6 Å². The van der Waals surface area contributed by atoms with Gasteiger partial charge in [0.25, 0.3) is 0 Å². The topological polar surface area (TPSA) is 99.1 Å². The molecule has 374 valence electrons. The SMILES string of the molecule is CC/C=C/C/C=C/C/C=C/C/C=C/C/C=C/C/C=C/CCCCC(=O)OCC(COCCC(C(=O)O)[N+](C)(C)C)OC(=O)CCCCCCCCCCCCC/C=C/C/C=C/C/C=C/CC. The Morgan fingerprint density at radius 3 is 1.21 bits per heavy atom. The second-order valence-corrected chi connectivity index (χ2v) is 18.0. The number of rotatable bonds is 45. The summed E-state index contributed by atoms with van der Waals surface area (Å²) in [4.78, 5) is 37.2. The molecule has 2 atom stereocenters. The molecular weight excluding hydrogens is 823 g/mol. The summed E-state index contributed by atoms with van der Waals surface area (Å²) < 4.78 is 17.3. The predicted molar refractivity (Wildman–Crippen MR) is 279 cm³/mol. The van der Waals surface area contributed by atoms with Crippen molar-refractivity contribution >= 4 is 17.9 Å². The zero-order valence-electron chi connectivity index (χ0n) is 42.6. The number of unbranched alkanes of at least 4 members (excludes halogenated alkanes) is 13. The number of carboxylic acids is 1. The summed E-state index contributed by atoms with van der Waals surface area (Å²) in [5.74, 6) is -1.54. The Hall–Kier alpha value is -4.01. The molecule has 0 bridgehead atoms. The van der Waals surface area contributed by atoms with E-state index in [1.54, 1.807) is 0 Å². The lowest BCUT2D eigenvalue weighted by Crippen LogP contribution is -2.50. The number of nitrogens with zero attached hydrogens (tertiary/aromatic N) is 1. The molecule has 0 fully saturated rings. The standard InChI is InChI=1S/C58H95NO7/c1-6-8-10-12-14-16-18-20-22-24-26-28-30-32-34-36-38-40-42-44-46-48-56(60)65-53-54(52-64-51-50-55(58(62)63)59(3,4)5)66-57(61)49-47-45-43-41-39-37-35-33-31-29-27-25-23-21-19-17-15-13-11-9-7-2/h8-11,14-17,20-23,26,28,32,34,38,40,54-55H,6-7,12-13,18-19,24-25,27,29-31,33,35-37,39,41-53H2,1-5H3/p+1/b10-8+,11-9+,16-14+,17-15+,22-20+,23-21+,28-26+,34-32+,40-38+. The Bertz CT molecular complexity index is 1440. The van der Waals surface area contributed by atoms with Crippen LogP contribution >= 0.6 is 0 Å². The van der Waals surface area contributed by atoms with E-state index in [0.29, 0.717) is 25.7 Å². The molecule has 0 amide bonds. The van der Waals surface area contributed by atoms with E-state index in [-0.39, 0.29) is 36.2 Å². The Kier molecular flexibility index (Phi) is 44.6. The molecule has 0 spiro atoms. The van der Waals surface area contributed by atoms with Gasteiger partial charge in [-0.15, -0.1) is 0 Å². The average Bonchev–Trinajstić information content (AvgIpc) is 3.28. The Morgan fingerprint density at radius 2 is 0.803 bits per heavy atom. The summed E-state index contributed by atoms with van der Waals surface area (Å²) in [5, 5.41) is 9.66. The van der Waals surface area contributed by atoms with Crippen LogP contribution < -0.4 is 0 Å². The molecule has 0 saturated carbocycles. The zero-order chi connectivity index (χ0) is 48.4. The number of hydrogen-bond donors (Lipinski definition) is 1. The zero-order valence-corrected chi connectivity index (χ0v) is 42.6. The van der Waals surface area contributed by atoms with E-state index < -0.39 is 18.1 Å². The highest BCUT2D eigenvalue weighted by atomic mass is 16.6. The third kappa shape index (κ3) is 45.2. The molecule has 0 rings (SSSR count). The number of carboxylic acid groups (broad SMARTS) is 1. The Balaban J connectivity index is 4.34. The summed E-state index contributed by atoms with van der Waals surface area (Å²) >= 11 is 0. The maximum atomic E-state index is 12.8. The van der Waals surface area contributed by atoms with Gasteiger partial charge in [0.05, 0.1) is 34.4 Å². The monoisotopic (exact) mass is 919 g/mol. The van der Waals surface area contributed by atoms with Crippen molar-refractivity contribution in [2.75, 3.05) is 41.0 Å². The van der Waals surface area contributed by atoms with Gasteiger partial charge in [-0.3, -0.25) is 9.59 Å². The predicted octanol–water partition coefficient (Wildman–Crippen LogP) is 15.2. The number of hydrogen-bond acceptors (Lipinski definition) is 6. The number of carbonyl (C=O) groups is 3. The summed E-state index contributed by atoms with van der Waals surface area (Å²) in [6.45, 7) is 4.46. The molecule has 0 aromatic rings. The van der Waals surface area contributed by atoms with Gasteiger partial charge in [-0.05, 0) is 96.3 Å². The lowest BCUT2D eigenvalue weighted by Gasteiger charge is -2.31. The molecular formula is C58H96NO7+. The van der Waals surface area contributed by atoms with Gasteiger partial charge in [0.1, 0.15) is 6.61 Å². The minimum Gasteiger partial charge on any atom is -0.477 e. The van der Waals surface area contributed by atoms with Gasteiger partial charge in [0, 0.05) is 19.3 Å². The highest BCUT2D eigenvalue weighted by Gasteiger charge is 2.31. The van der Waals surface area contributed by atoms with Crippen molar-refractivity contribution < 1.29 is 38.2 Å². The Labute approximate surface area is 404 Å². The first-order valence-corrected chi connectivity index (χ1v) is 25.9. The molecule has 2 unspecified atom stereocenters. The fourth-order valence-electron chi connectivity index (χ4n) is 6.99. The third-order valence-electron chi connectivity index (χ3n) is 10.9. The van der Waals surface area contributed by atoms with E-state index in [1.165, 1.54) is 57.8 Å². The third-order valence-corrected chi connectivity index (χ3v) is 10.9. The van der Waals surface area contributed by atoms with Crippen LogP contribution in [-0.2, 0) is 28.6 Å². The lowest BCUT2D eigenvalue weighted by atomic mass is 10.0. The normalized spacial score (nSPS) is 13.8. The van der Waals surface area contributed by atoms with Gasteiger partial charge in [0.15, 0.2) is 12.1 Å². The van der Waals surface area contributed by atoms with Crippen LogP contribution in [0.5, 0.6) is 0 Å². The quantitative estimate of drug-likeness (QED) is 0.0281. The highest BCUT2D eigenvalue weighted by Crippen LogP contribution is 2.14. The fourth-order valence-corrected chi connectivity index (χ4v) is 6.99. The minimum absolute atomic E-state index is 0.0394. The minimum atomic E-state index is -0.885. The smallest absolute Gasteiger partial charge is 0.362 e. The number of carbonyl (C=O) groups excluding carboxylic acids is 2. The highest BCUT2D eigenvalue weighted by molar-refractivity contribution is 5.72. The van der Waals surface area contributed by atoms with Gasteiger partial charge in [0.2, 0.25) is 0 Å². The molecule has 0 aromatic heterocycles. The second-order valence-electron chi connectivity index (χ2n) is 18.0. The molecule has 8 nitrogen and oxygen atoms in total. The van der Waals surface area contributed by atoms with Gasteiger partial charge in [-0.25, -0.2) is 4.79 Å². The molecule has 0 saturated heterocycles. The number of esters is 2. The van der Waals surface area contributed by atoms with Gasteiger partial charge in [-0.1, -0.05) is 181 Å². The molecule has 0 aromatic carbocycles. The first kappa shape index (κ1) is 62.0. The molecule has 0 aliphatic heterocycles. The van der Waals surface area contributed by atoms with E-state index in [0.717, 1.165) is 89.9 Å². The van der Waals surface area contributed by atoms with Gasteiger partial charge < -0.3 is 23.8 Å². The van der Waals surface area contributed by atoms with Crippen molar-refractivity contribution in [1.29, 1.82) is 0 Å². The van der Waals surface area contributed by atoms with Crippen molar-refractivity contribution in [2.24, 2.45) is 0 Å². The van der Waals surface area contributed by atoms with E-state index >= 15 is 0 Å². The molecule has 0 aliphatic carbocycles. The summed E-state index contributed by atoms with van der Waals surface area (Å²) in [6.07, 6.45) is 65.7. The van der Waals surface area contributed by atoms with Crippen molar-refractivity contribution in [3.63, 3.8) is 0 Å². The van der Waals surface area contributed by atoms with Crippen LogP contribution in [0.25, 0.3) is 0 Å². The van der Waals surface area contributed by atoms with Crippen LogP contribution in [0, 0.1) is 0 Å². The first-order chi connectivity index (χ1) is 32.1. The molecule has 0 aliphatic rings. The van der Waals surface area contributed by atoms with Gasteiger partial charge in [-0.2, -0.15) is 0 Å². The van der Waals surface area contributed by atoms with Crippen LogP contribution in [0.15, 0.2) is 109 Å². The Morgan fingerprint density at radius 1 is 0.455 bits per heavy atom. The number of allylic oxidation sites excluding steroid dienone is 18. The first-order valence-electron chi connectivity index (χ1n) is 25.9. The molecule has 1 N–H and O–H groups in total. The number of aliphatic carboxylic acids is 1. The summed E-state index contributed by atoms with van der Waals surface area (Å²) in [5.41, 5.74) is 0. The van der Waals surface area contributed by atoms with Crippen LogP contribution in [0.3, 0.4) is 0 Å². The summed E-state index contributed by atoms with van der Waals surface area (Å²) in [6, 6.07) is -0.629. The number of likely N-dealkylation sites (N-methyl/N-ethyl adjacent to an activating group) is 1. The van der Waals surface area contributed by atoms with Crippen molar-refractivity contribution in [2.45, 2.75) is 199 Å². The van der Waals surface area contributed by atoms with E-state index in [2.05, 4.69) is 123 Å². The molecule has 0 radical (unpaired) electrons. The molecule has 8 heteroatoms.